The lowest BCUT2D eigenvalue weighted by Gasteiger charge is -2.38. The van der Waals surface area contributed by atoms with Crippen LogP contribution in [0.4, 0.5) is 4.79 Å². The first-order valence-corrected chi connectivity index (χ1v) is 8.81. The Morgan fingerprint density at radius 2 is 1.83 bits per heavy atom. The van der Waals surface area contributed by atoms with Crippen LogP contribution in [0.5, 0.6) is 0 Å². The molecule has 1 aromatic rings. The van der Waals surface area contributed by atoms with Crippen molar-refractivity contribution in [3.8, 4) is 0 Å². The van der Waals surface area contributed by atoms with Crippen molar-refractivity contribution in [2.24, 2.45) is 5.92 Å². The molecule has 3 nitrogen and oxygen atoms in total. The number of carbonyl (C=O) groups excluding carboxylic acids is 1. The molecule has 1 saturated carbocycles. The summed E-state index contributed by atoms with van der Waals surface area (Å²) in [7, 11) is 0. The summed E-state index contributed by atoms with van der Waals surface area (Å²) in [5.74, 6) is 0.767. The van der Waals surface area contributed by atoms with Crippen LogP contribution in [0.2, 0.25) is 0 Å². The highest BCUT2D eigenvalue weighted by atomic mass is 16.6. The van der Waals surface area contributed by atoms with Gasteiger partial charge in [0.05, 0.1) is 0 Å². The number of amides is 1. The second kappa shape index (κ2) is 7.37. The number of carbonyl (C=O) groups is 1. The maximum Gasteiger partial charge on any atom is 0.408 e. The Morgan fingerprint density at radius 3 is 2.39 bits per heavy atom. The molecule has 23 heavy (non-hydrogen) atoms. The Hall–Kier alpha value is -1.51. The van der Waals surface area contributed by atoms with Crippen LogP contribution in [-0.4, -0.2) is 17.2 Å². The van der Waals surface area contributed by atoms with E-state index in [0.29, 0.717) is 0 Å². The van der Waals surface area contributed by atoms with Gasteiger partial charge in [-0.3, -0.25) is 0 Å². The Balaban J connectivity index is 1.75. The molecule has 0 radical (unpaired) electrons. The minimum Gasteiger partial charge on any atom is -0.444 e. The van der Waals surface area contributed by atoms with Gasteiger partial charge < -0.3 is 10.1 Å². The molecule has 1 aromatic carbocycles. The number of hydrogen-bond donors (Lipinski definition) is 1. The summed E-state index contributed by atoms with van der Waals surface area (Å²) in [5, 5.41) is 3.08. The van der Waals surface area contributed by atoms with Crippen molar-refractivity contribution in [2.75, 3.05) is 0 Å². The van der Waals surface area contributed by atoms with E-state index in [1.54, 1.807) is 0 Å². The monoisotopic (exact) mass is 317 g/mol. The first kappa shape index (κ1) is 17.8. The fourth-order valence-corrected chi connectivity index (χ4v) is 3.29. The van der Waals surface area contributed by atoms with Gasteiger partial charge in [-0.1, -0.05) is 30.3 Å². The molecule has 128 valence electrons. The summed E-state index contributed by atoms with van der Waals surface area (Å²) in [5.41, 5.74) is 0.867. The lowest BCUT2D eigenvalue weighted by atomic mass is 9.76. The van der Waals surface area contributed by atoms with Crippen molar-refractivity contribution >= 4 is 6.09 Å². The van der Waals surface area contributed by atoms with Crippen LogP contribution in [0.15, 0.2) is 30.3 Å². The predicted octanol–water partition coefficient (Wildman–Crippen LogP) is 5.09. The van der Waals surface area contributed by atoms with E-state index in [0.717, 1.165) is 25.2 Å². The van der Waals surface area contributed by atoms with E-state index in [4.69, 9.17) is 4.74 Å². The summed E-state index contributed by atoms with van der Waals surface area (Å²) in [4.78, 5) is 12.0. The Kier molecular flexibility index (Phi) is 5.72. The number of alkyl carbamates (subject to hydrolysis) is 1. The molecular formula is C20H31NO2. The lowest BCUT2D eigenvalue weighted by molar-refractivity contribution is 0.0424. The van der Waals surface area contributed by atoms with Gasteiger partial charge in [-0.2, -0.15) is 0 Å². The molecule has 0 spiro atoms. The van der Waals surface area contributed by atoms with Gasteiger partial charge in [-0.15, -0.1) is 0 Å². The fourth-order valence-electron chi connectivity index (χ4n) is 3.29. The molecule has 0 aromatic heterocycles. The highest BCUT2D eigenvalue weighted by Crippen LogP contribution is 2.34. The summed E-state index contributed by atoms with van der Waals surface area (Å²) in [6, 6.07) is 10.7. The maximum absolute atomic E-state index is 12.0. The number of rotatable bonds is 4. The van der Waals surface area contributed by atoms with Crippen molar-refractivity contribution in [3.63, 3.8) is 0 Å². The Labute approximate surface area is 140 Å². The molecule has 0 aliphatic heterocycles. The summed E-state index contributed by atoms with van der Waals surface area (Å²) < 4.78 is 5.39. The van der Waals surface area contributed by atoms with Crippen LogP contribution in [-0.2, 0) is 11.2 Å². The topological polar surface area (TPSA) is 38.3 Å². The molecule has 1 amide bonds. The van der Waals surface area contributed by atoms with E-state index < -0.39 is 5.60 Å². The van der Waals surface area contributed by atoms with Crippen LogP contribution >= 0.6 is 0 Å². The van der Waals surface area contributed by atoms with E-state index in [1.165, 1.54) is 24.8 Å². The average molecular weight is 317 g/mol. The number of ether oxygens (including phenoxy) is 1. The number of hydrogen-bond acceptors (Lipinski definition) is 2. The molecule has 1 aliphatic rings. The largest absolute Gasteiger partial charge is 0.444 e. The molecule has 0 unspecified atom stereocenters. The van der Waals surface area contributed by atoms with E-state index >= 15 is 0 Å². The van der Waals surface area contributed by atoms with Crippen molar-refractivity contribution in [3.05, 3.63) is 35.9 Å². The molecule has 1 fully saturated rings. The van der Waals surface area contributed by atoms with Gasteiger partial charge in [0.15, 0.2) is 0 Å². The SMILES string of the molecule is CC1(NC(=O)OC(C)(C)C)CCC(CCc2ccccc2)CC1. The average Bonchev–Trinajstić information content (AvgIpc) is 2.45. The quantitative estimate of drug-likeness (QED) is 0.839. The van der Waals surface area contributed by atoms with Gasteiger partial charge in [0.1, 0.15) is 5.60 Å². The number of aryl methyl sites for hydroxylation is 1. The molecule has 0 saturated heterocycles. The van der Waals surface area contributed by atoms with E-state index in [9.17, 15) is 4.79 Å². The summed E-state index contributed by atoms with van der Waals surface area (Å²) in [6.07, 6.45) is 6.53. The van der Waals surface area contributed by atoms with E-state index in [2.05, 4.69) is 42.6 Å². The van der Waals surface area contributed by atoms with Gasteiger partial charge in [-0.25, -0.2) is 4.79 Å². The second-order valence-corrected chi connectivity index (χ2v) is 8.16. The van der Waals surface area contributed by atoms with Crippen LogP contribution < -0.4 is 5.32 Å². The highest BCUT2D eigenvalue weighted by molar-refractivity contribution is 5.68. The normalized spacial score (nSPS) is 25.0. The number of benzene rings is 1. The van der Waals surface area contributed by atoms with Crippen LogP contribution in [0.1, 0.15) is 65.4 Å². The van der Waals surface area contributed by atoms with Gasteiger partial charge in [0.25, 0.3) is 0 Å². The van der Waals surface area contributed by atoms with E-state index in [-0.39, 0.29) is 11.6 Å². The Bertz CT molecular complexity index is 496. The third-order valence-electron chi connectivity index (χ3n) is 4.70. The summed E-state index contributed by atoms with van der Waals surface area (Å²) in [6.45, 7) is 7.84. The maximum atomic E-state index is 12.0. The zero-order valence-electron chi connectivity index (χ0n) is 15.0. The van der Waals surface area contributed by atoms with Gasteiger partial charge in [0, 0.05) is 5.54 Å². The predicted molar refractivity (Wildman–Crippen MR) is 94.5 cm³/mol. The second-order valence-electron chi connectivity index (χ2n) is 8.16. The highest BCUT2D eigenvalue weighted by Gasteiger charge is 2.33. The smallest absolute Gasteiger partial charge is 0.408 e. The molecule has 2 rings (SSSR count). The van der Waals surface area contributed by atoms with Crippen LogP contribution in [0.25, 0.3) is 0 Å². The fraction of sp³-hybridized carbons (Fsp3) is 0.650. The van der Waals surface area contributed by atoms with Crippen molar-refractivity contribution < 1.29 is 9.53 Å². The molecule has 3 heteroatoms. The number of nitrogens with one attached hydrogen (secondary N) is 1. The van der Waals surface area contributed by atoms with Gasteiger partial charge >= 0.3 is 6.09 Å². The molecule has 0 bridgehead atoms. The van der Waals surface area contributed by atoms with Crippen LogP contribution in [0, 0.1) is 5.92 Å². The first-order valence-electron chi connectivity index (χ1n) is 8.81. The van der Waals surface area contributed by atoms with Gasteiger partial charge in [-0.05, 0) is 77.7 Å². The third kappa shape index (κ3) is 6.25. The third-order valence-corrected chi connectivity index (χ3v) is 4.70. The van der Waals surface area contributed by atoms with Crippen molar-refractivity contribution in [1.29, 1.82) is 0 Å². The molecule has 1 aliphatic carbocycles. The van der Waals surface area contributed by atoms with Gasteiger partial charge in [0.2, 0.25) is 0 Å². The minimum absolute atomic E-state index is 0.119. The lowest BCUT2D eigenvalue weighted by Crippen LogP contribution is -2.49. The molecule has 0 atom stereocenters. The summed E-state index contributed by atoms with van der Waals surface area (Å²) >= 11 is 0. The molecular weight excluding hydrogens is 286 g/mol. The molecule has 0 heterocycles. The molecule has 1 N–H and O–H groups in total. The zero-order valence-corrected chi connectivity index (χ0v) is 15.0. The Morgan fingerprint density at radius 1 is 1.22 bits per heavy atom. The van der Waals surface area contributed by atoms with Crippen molar-refractivity contribution in [1.82, 2.24) is 5.32 Å². The standard InChI is InChI=1S/C20H31NO2/c1-19(2,3)23-18(22)21-20(4)14-12-17(13-15-20)11-10-16-8-6-5-7-9-16/h5-9,17H,10-15H2,1-4H3,(H,21,22). The van der Waals surface area contributed by atoms with Crippen molar-refractivity contribution in [2.45, 2.75) is 77.4 Å². The first-order chi connectivity index (χ1) is 10.8. The van der Waals surface area contributed by atoms with E-state index in [1.807, 2.05) is 20.8 Å². The van der Waals surface area contributed by atoms with Crippen LogP contribution in [0.3, 0.4) is 0 Å². The minimum atomic E-state index is -0.437. The zero-order chi connectivity index (χ0) is 16.9.